The van der Waals surface area contributed by atoms with Crippen LogP contribution in [0.4, 0.5) is 19.6 Å². The van der Waals surface area contributed by atoms with Crippen LogP contribution in [0.5, 0.6) is 0 Å². The van der Waals surface area contributed by atoms with Crippen LogP contribution in [0, 0.1) is 25.5 Å². The second kappa shape index (κ2) is 4.83. The highest BCUT2D eigenvalue weighted by atomic mass is 32.1. The molecule has 0 atom stereocenters. The third-order valence-corrected chi connectivity index (χ3v) is 4.07. The first kappa shape index (κ1) is 13.0. The minimum atomic E-state index is -0.621. The zero-order valence-electron chi connectivity index (χ0n) is 11.0. The molecule has 102 valence electrons. The second-order valence-electron chi connectivity index (χ2n) is 4.62. The first-order valence-corrected chi connectivity index (χ1v) is 6.95. The molecule has 0 fully saturated rings. The van der Waals surface area contributed by atoms with E-state index < -0.39 is 11.6 Å². The van der Waals surface area contributed by atoms with Crippen molar-refractivity contribution in [2.24, 2.45) is 0 Å². The van der Waals surface area contributed by atoms with E-state index in [0.717, 1.165) is 15.8 Å². The van der Waals surface area contributed by atoms with Crippen LogP contribution in [-0.4, -0.2) is 4.98 Å². The zero-order chi connectivity index (χ0) is 14.3. The van der Waals surface area contributed by atoms with Gasteiger partial charge < -0.3 is 5.32 Å². The SMILES string of the molecule is Cc1ccc(F)c(Nc2nc3c(C)cccc3s2)c1F. The van der Waals surface area contributed by atoms with E-state index in [9.17, 15) is 8.78 Å². The van der Waals surface area contributed by atoms with Crippen molar-refractivity contribution >= 4 is 32.4 Å². The van der Waals surface area contributed by atoms with Gasteiger partial charge in [-0.2, -0.15) is 0 Å². The summed E-state index contributed by atoms with van der Waals surface area (Å²) in [5.74, 6) is -1.20. The van der Waals surface area contributed by atoms with E-state index >= 15 is 0 Å². The lowest BCUT2D eigenvalue weighted by Crippen LogP contribution is -1.98. The number of fused-ring (bicyclic) bond motifs is 1. The number of hydrogen-bond acceptors (Lipinski definition) is 3. The van der Waals surface area contributed by atoms with Crippen LogP contribution < -0.4 is 5.32 Å². The molecule has 0 amide bonds. The monoisotopic (exact) mass is 290 g/mol. The van der Waals surface area contributed by atoms with Gasteiger partial charge in [0.1, 0.15) is 11.5 Å². The molecule has 3 aromatic rings. The van der Waals surface area contributed by atoms with Gasteiger partial charge in [0.25, 0.3) is 0 Å². The summed E-state index contributed by atoms with van der Waals surface area (Å²) >= 11 is 1.37. The standard InChI is InChI=1S/C15H12F2N2S/c1-8-6-7-10(16)14(12(8)17)19-15-18-13-9(2)4-3-5-11(13)20-15/h3-7H,1-2H3,(H,18,19). The highest BCUT2D eigenvalue weighted by Gasteiger charge is 2.14. The maximum atomic E-state index is 14.0. The van der Waals surface area contributed by atoms with Crippen LogP contribution in [0.1, 0.15) is 11.1 Å². The average molecular weight is 290 g/mol. The minimum absolute atomic E-state index is 0.151. The van der Waals surface area contributed by atoms with Crippen molar-refractivity contribution in [2.45, 2.75) is 13.8 Å². The number of nitrogens with zero attached hydrogens (tertiary/aromatic N) is 1. The van der Waals surface area contributed by atoms with E-state index in [0.29, 0.717) is 10.7 Å². The van der Waals surface area contributed by atoms with Gasteiger partial charge in [0, 0.05) is 0 Å². The molecule has 2 nitrogen and oxygen atoms in total. The van der Waals surface area contributed by atoms with Crippen molar-refractivity contribution in [3.63, 3.8) is 0 Å². The van der Waals surface area contributed by atoms with Crippen molar-refractivity contribution in [3.8, 4) is 0 Å². The van der Waals surface area contributed by atoms with E-state index in [1.807, 2.05) is 25.1 Å². The Labute approximate surface area is 119 Å². The Hall–Kier alpha value is -2.01. The average Bonchev–Trinajstić information content (AvgIpc) is 2.83. The molecule has 0 aliphatic heterocycles. The van der Waals surface area contributed by atoms with E-state index in [4.69, 9.17) is 0 Å². The summed E-state index contributed by atoms with van der Waals surface area (Å²) < 4.78 is 28.7. The van der Waals surface area contributed by atoms with Gasteiger partial charge >= 0.3 is 0 Å². The minimum Gasteiger partial charge on any atom is -0.327 e. The van der Waals surface area contributed by atoms with Gasteiger partial charge in [0.15, 0.2) is 10.9 Å². The molecule has 0 saturated carbocycles. The number of halogens is 2. The first-order valence-electron chi connectivity index (χ1n) is 6.14. The van der Waals surface area contributed by atoms with Crippen molar-refractivity contribution in [2.75, 3.05) is 5.32 Å². The maximum absolute atomic E-state index is 14.0. The molecule has 1 heterocycles. The Bertz CT molecular complexity index is 796. The Morgan fingerprint density at radius 3 is 2.60 bits per heavy atom. The molecule has 20 heavy (non-hydrogen) atoms. The molecule has 1 N–H and O–H groups in total. The smallest absolute Gasteiger partial charge is 0.188 e. The lowest BCUT2D eigenvalue weighted by Gasteiger charge is -2.07. The van der Waals surface area contributed by atoms with Gasteiger partial charge in [-0.05, 0) is 37.1 Å². The molecule has 0 saturated heterocycles. The highest BCUT2D eigenvalue weighted by molar-refractivity contribution is 7.22. The van der Waals surface area contributed by atoms with Crippen LogP contribution in [0.3, 0.4) is 0 Å². The van der Waals surface area contributed by atoms with Crippen LogP contribution in [0.15, 0.2) is 30.3 Å². The van der Waals surface area contributed by atoms with E-state index in [2.05, 4.69) is 10.3 Å². The molecule has 0 unspecified atom stereocenters. The number of aromatic nitrogens is 1. The highest BCUT2D eigenvalue weighted by Crippen LogP contribution is 2.32. The summed E-state index contributed by atoms with van der Waals surface area (Å²) in [7, 11) is 0. The van der Waals surface area contributed by atoms with Gasteiger partial charge in [-0.1, -0.05) is 29.5 Å². The van der Waals surface area contributed by atoms with Crippen LogP contribution >= 0.6 is 11.3 Å². The summed E-state index contributed by atoms with van der Waals surface area (Å²) in [4.78, 5) is 4.39. The predicted octanol–water partition coefficient (Wildman–Crippen LogP) is 4.93. The number of aryl methyl sites for hydroxylation is 2. The Morgan fingerprint density at radius 2 is 1.85 bits per heavy atom. The number of hydrogen-bond donors (Lipinski definition) is 1. The molecule has 0 aliphatic carbocycles. The third-order valence-electron chi connectivity index (χ3n) is 3.14. The number of rotatable bonds is 2. The Kier molecular flexibility index (Phi) is 3.14. The number of para-hydroxylation sites is 1. The van der Waals surface area contributed by atoms with E-state index in [1.165, 1.54) is 23.5 Å². The lowest BCUT2D eigenvalue weighted by molar-refractivity contribution is 0.585. The van der Waals surface area contributed by atoms with Gasteiger partial charge in [-0.15, -0.1) is 0 Å². The van der Waals surface area contributed by atoms with Crippen LogP contribution in [0.2, 0.25) is 0 Å². The molecule has 0 spiro atoms. The van der Waals surface area contributed by atoms with Gasteiger partial charge in [-0.25, -0.2) is 13.8 Å². The van der Waals surface area contributed by atoms with Crippen molar-refractivity contribution in [1.29, 1.82) is 0 Å². The van der Waals surface area contributed by atoms with Crippen molar-refractivity contribution < 1.29 is 8.78 Å². The van der Waals surface area contributed by atoms with Gasteiger partial charge in [0.05, 0.1) is 10.2 Å². The number of thiazole rings is 1. The fourth-order valence-electron chi connectivity index (χ4n) is 2.02. The molecular formula is C15H12F2N2S. The molecular weight excluding hydrogens is 278 g/mol. The van der Waals surface area contributed by atoms with Crippen molar-refractivity contribution in [1.82, 2.24) is 4.98 Å². The largest absolute Gasteiger partial charge is 0.327 e. The summed E-state index contributed by atoms with van der Waals surface area (Å²) in [6, 6.07) is 8.50. The second-order valence-corrected chi connectivity index (χ2v) is 5.65. The molecule has 2 aromatic carbocycles. The number of benzene rings is 2. The fourth-order valence-corrected chi connectivity index (χ4v) is 2.97. The quantitative estimate of drug-likeness (QED) is 0.723. The molecule has 3 rings (SSSR count). The summed E-state index contributed by atoms with van der Waals surface area (Å²) in [5, 5.41) is 3.24. The zero-order valence-corrected chi connectivity index (χ0v) is 11.8. The maximum Gasteiger partial charge on any atom is 0.188 e. The molecule has 0 bridgehead atoms. The fraction of sp³-hybridized carbons (Fsp3) is 0.133. The van der Waals surface area contributed by atoms with Gasteiger partial charge in [0.2, 0.25) is 0 Å². The van der Waals surface area contributed by atoms with E-state index in [-0.39, 0.29) is 5.69 Å². The summed E-state index contributed by atoms with van der Waals surface area (Å²) in [6.45, 7) is 3.56. The topological polar surface area (TPSA) is 24.9 Å². The van der Waals surface area contributed by atoms with E-state index in [1.54, 1.807) is 6.92 Å². The lowest BCUT2D eigenvalue weighted by atomic mass is 10.2. The number of anilines is 2. The first-order chi connectivity index (χ1) is 9.56. The molecule has 0 radical (unpaired) electrons. The third kappa shape index (κ3) is 2.14. The molecule has 1 aromatic heterocycles. The molecule has 0 aliphatic rings. The summed E-state index contributed by atoms with van der Waals surface area (Å²) in [6.07, 6.45) is 0. The molecule has 5 heteroatoms. The Morgan fingerprint density at radius 1 is 1.05 bits per heavy atom. The normalized spacial score (nSPS) is 11.0. The number of nitrogens with one attached hydrogen (secondary N) is 1. The Balaban J connectivity index is 2.06. The van der Waals surface area contributed by atoms with Crippen LogP contribution in [-0.2, 0) is 0 Å². The van der Waals surface area contributed by atoms with Crippen LogP contribution in [0.25, 0.3) is 10.2 Å². The van der Waals surface area contributed by atoms with Gasteiger partial charge in [-0.3, -0.25) is 0 Å². The summed E-state index contributed by atoms with van der Waals surface area (Å²) in [5.41, 5.74) is 2.14. The van der Waals surface area contributed by atoms with Crippen molar-refractivity contribution in [3.05, 3.63) is 53.1 Å². The predicted molar refractivity (Wildman–Crippen MR) is 78.7 cm³/mol.